The Kier molecular flexibility index (Phi) is 4.59. The first-order chi connectivity index (χ1) is 5.61. The largest absolute Gasteiger partial charge is 0.424 e. The van der Waals surface area contributed by atoms with E-state index in [1.807, 2.05) is 13.8 Å². The molecule has 0 radical (unpaired) electrons. The summed E-state index contributed by atoms with van der Waals surface area (Å²) >= 11 is 5.54. The van der Waals surface area contributed by atoms with Gasteiger partial charge in [-0.25, -0.2) is 9.78 Å². The van der Waals surface area contributed by atoms with Crippen LogP contribution >= 0.6 is 11.6 Å². The van der Waals surface area contributed by atoms with E-state index >= 15 is 0 Å². The molecule has 3 nitrogen and oxygen atoms in total. The van der Waals surface area contributed by atoms with Crippen molar-refractivity contribution < 1.29 is 4.42 Å². The van der Waals surface area contributed by atoms with Gasteiger partial charge < -0.3 is 4.42 Å². The summed E-state index contributed by atoms with van der Waals surface area (Å²) in [4.78, 5) is 14.4. The highest BCUT2D eigenvalue weighted by Crippen LogP contribution is 2.07. The Balaban J connectivity index is 0.000000561. The number of halogens is 1. The standard InChI is InChI=1S/C6H6ClNO2.C2H6/c1-3-6(9)10-4(2)5(7)8-3;1-2/h1-2H3;1-2H3. The Hall–Kier alpha value is -0.830. The first-order valence-corrected chi connectivity index (χ1v) is 4.13. The highest BCUT2D eigenvalue weighted by molar-refractivity contribution is 6.29. The molecule has 0 aliphatic carbocycles. The maximum Gasteiger partial charge on any atom is 0.357 e. The zero-order chi connectivity index (χ0) is 9.72. The van der Waals surface area contributed by atoms with E-state index in [0.29, 0.717) is 5.76 Å². The molecule has 1 aromatic rings. The van der Waals surface area contributed by atoms with E-state index in [-0.39, 0.29) is 10.8 Å². The molecule has 0 aromatic carbocycles. The summed E-state index contributed by atoms with van der Waals surface area (Å²) in [6.45, 7) is 7.15. The highest BCUT2D eigenvalue weighted by atomic mass is 35.5. The predicted octanol–water partition coefficient (Wildman–Crippen LogP) is 2.33. The van der Waals surface area contributed by atoms with Gasteiger partial charge in [-0.1, -0.05) is 25.4 Å². The van der Waals surface area contributed by atoms with E-state index in [4.69, 9.17) is 11.6 Å². The highest BCUT2D eigenvalue weighted by Gasteiger charge is 2.02. The molecule has 0 aliphatic rings. The van der Waals surface area contributed by atoms with Gasteiger partial charge in [0.1, 0.15) is 11.5 Å². The van der Waals surface area contributed by atoms with Gasteiger partial charge in [0, 0.05) is 0 Å². The third-order valence-electron chi connectivity index (χ3n) is 1.10. The van der Waals surface area contributed by atoms with E-state index < -0.39 is 5.63 Å². The molecule has 0 saturated heterocycles. The molecule has 0 aliphatic heterocycles. The molecular weight excluding hydrogens is 178 g/mol. The second kappa shape index (κ2) is 4.93. The molecule has 1 aromatic heterocycles. The third kappa shape index (κ3) is 2.66. The monoisotopic (exact) mass is 189 g/mol. The quantitative estimate of drug-likeness (QED) is 0.629. The van der Waals surface area contributed by atoms with E-state index in [1.54, 1.807) is 13.8 Å². The van der Waals surface area contributed by atoms with Crippen LogP contribution in [-0.2, 0) is 0 Å². The van der Waals surface area contributed by atoms with Crippen LogP contribution in [0.2, 0.25) is 5.15 Å². The minimum atomic E-state index is -0.429. The maximum absolute atomic E-state index is 10.7. The fraction of sp³-hybridized carbons (Fsp3) is 0.500. The van der Waals surface area contributed by atoms with E-state index in [2.05, 4.69) is 9.40 Å². The van der Waals surface area contributed by atoms with Crippen molar-refractivity contribution in [1.29, 1.82) is 0 Å². The van der Waals surface area contributed by atoms with Crippen LogP contribution in [0.1, 0.15) is 25.3 Å². The van der Waals surface area contributed by atoms with E-state index in [9.17, 15) is 4.79 Å². The Labute approximate surface area is 76.4 Å². The van der Waals surface area contributed by atoms with Gasteiger partial charge in [-0.05, 0) is 13.8 Å². The number of aryl methyl sites for hydroxylation is 2. The lowest BCUT2D eigenvalue weighted by molar-refractivity contribution is 0.466. The average molecular weight is 190 g/mol. The topological polar surface area (TPSA) is 43.1 Å². The van der Waals surface area contributed by atoms with Crippen molar-refractivity contribution in [2.75, 3.05) is 0 Å². The lowest BCUT2D eigenvalue weighted by atomic mass is 10.5. The molecule has 0 saturated carbocycles. The molecule has 68 valence electrons. The Bertz CT molecular complexity index is 306. The van der Waals surface area contributed by atoms with Crippen LogP contribution in [0.25, 0.3) is 0 Å². The van der Waals surface area contributed by atoms with E-state index in [0.717, 1.165) is 0 Å². The molecule has 0 fully saturated rings. The molecular formula is C8H12ClNO2. The molecule has 0 unspecified atom stereocenters. The van der Waals surface area contributed by atoms with Crippen molar-refractivity contribution in [3.05, 3.63) is 27.0 Å². The second-order valence-electron chi connectivity index (χ2n) is 1.93. The van der Waals surface area contributed by atoms with Gasteiger partial charge in [-0.3, -0.25) is 0 Å². The van der Waals surface area contributed by atoms with Crippen molar-refractivity contribution in [1.82, 2.24) is 4.98 Å². The summed E-state index contributed by atoms with van der Waals surface area (Å²) in [5.74, 6) is 0.359. The summed E-state index contributed by atoms with van der Waals surface area (Å²) in [6.07, 6.45) is 0. The van der Waals surface area contributed by atoms with E-state index in [1.165, 1.54) is 0 Å². The molecule has 12 heavy (non-hydrogen) atoms. The van der Waals surface area contributed by atoms with Crippen LogP contribution in [0.3, 0.4) is 0 Å². The SMILES string of the molecule is CC.Cc1oc(=O)c(C)nc1Cl. The fourth-order valence-corrected chi connectivity index (χ4v) is 0.692. The zero-order valence-corrected chi connectivity index (χ0v) is 8.40. The summed E-state index contributed by atoms with van der Waals surface area (Å²) in [5, 5.41) is 0.247. The van der Waals surface area contributed by atoms with Crippen molar-refractivity contribution in [2.45, 2.75) is 27.7 Å². The van der Waals surface area contributed by atoms with Crippen molar-refractivity contribution in [3.63, 3.8) is 0 Å². The van der Waals surface area contributed by atoms with Crippen LogP contribution in [-0.4, -0.2) is 4.98 Å². The summed E-state index contributed by atoms with van der Waals surface area (Å²) in [5.41, 5.74) is -0.141. The van der Waals surface area contributed by atoms with Gasteiger partial charge in [0.15, 0.2) is 5.15 Å². The van der Waals surface area contributed by atoms with Crippen molar-refractivity contribution >= 4 is 11.6 Å². The minimum absolute atomic E-state index is 0.247. The molecule has 0 amide bonds. The second-order valence-corrected chi connectivity index (χ2v) is 2.29. The van der Waals surface area contributed by atoms with Gasteiger partial charge >= 0.3 is 5.63 Å². The smallest absolute Gasteiger partial charge is 0.357 e. The Morgan fingerprint density at radius 2 is 1.83 bits per heavy atom. The van der Waals surface area contributed by atoms with Crippen molar-refractivity contribution in [2.24, 2.45) is 0 Å². The summed E-state index contributed by atoms with van der Waals surface area (Å²) in [7, 11) is 0. The lowest BCUT2D eigenvalue weighted by Gasteiger charge is -1.93. The fourth-order valence-electron chi connectivity index (χ4n) is 0.527. The first-order valence-electron chi connectivity index (χ1n) is 3.75. The summed E-state index contributed by atoms with van der Waals surface area (Å²) in [6, 6.07) is 0. The molecule has 0 atom stereocenters. The first kappa shape index (κ1) is 11.2. The number of nitrogens with zero attached hydrogens (tertiary/aromatic N) is 1. The number of rotatable bonds is 0. The van der Waals surface area contributed by atoms with Crippen LogP contribution in [0.5, 0.6) is 0 Å². The number of hydrogen-bond donors (Lipinski definition) is 0. The molecule has 0 bridgehead atoms. The maximum atomic E-state index is 10.7. The molecule has 0 N–H and O–H groups in total. The third-order valence-corrected chi connectivity index (χ3v) is 1.45. The average Bonchev–Trinajstić information content (AvgIpc) is 2.05. The number of aromatic nitrogens is 1. The zero-order valence-electron chi connectivity index (χ0n) is 7.64. The van der Waals surface area contributed by atoms with Gasteiger partial charge in [-0.2, -0.15) is 0 Å². The van der Waals surface area contributed by atoms with Crippen LogP contribution in [0, 0.1) is 13.8 Å². The van der Waals surface area contributed by atoms with Gasteiger partial charge in [0.25, 0.3) is 0 Å². The Morgan fingerprint density at radius 3 is 2.25 bits per heavy atom. The Morgan fingerprint density at radius 1 is 1.33 bits per heavy atom. The van der Waals surface area contributed by atoms with Crippen LogP contribution < -0.4 is 5.63 Å². The van der Waals surface area contributed by atoms with Crippen LogP contribution in [0.4, 0.5) is 0 Å². The molecule has 0 spiro atoms. The lowest BCUT2D eigenvalue weighted by Crippen LogP contribution is -2.06. The minimum Gasteiger partial charge on any atom is -0.424 e. The van der Waals surface area contributed by atoms with Gasteiger partial charge in [0.2, 0.25) is 0 Å². The normalized spacial score (nSPS) is 8.75. The molecule has 1 rings (SSSR count). The molecule has 4 heteroatoms. The van der Waals surface area contributed by atoms with Gasteiger partial charge in [0.05, 0.1) is 0 Å². The predicted molar refractivity (Wildman–Crippen MR) is 48.6 cm³/mol. The van der Waals surface area contributed by atoms with Gasteiger partial charge in [-0.15, -0.1) is 0 Å². The van der Waals surface area contributed by atoms with Crippen LogP contribution in [0.15, 0.2) is 9.21 Å². The van der Waals surface area contributed by atoms with Crippen molar-refractivity contribution in [3.8, 4) is 0 Å². The molecule has 1 heterocycles. The number of hydrogen-bond acceptors (Lipinski definition) is 3. The summed E-state index contributed by atoms with van der Waals surface area (Å²) < 4.78 is 4.69.